The van der Waals surface area contributed by atoms with E-state index in [2.05, 4.69) is 26.1 Å². The Morgan fingerprint density at radius 1 is 1.00 bits per heavy atom. The lowest BCUT2D eigenvalue weighted by Crippen LogP contribution is -2.17. The Labute approximate surface area is 194 Å². The predicted molar refractivity (Wildman–Crippen MR) is 127 cm³/mol. The summed E-state index contributed by atoms with van der Waals surface area (Å²) in [5.41, 5.74) is 2.06. The lowest BCUT2D eigenvalue weighted by atomic mass is 9.82. The van der Waals surface area contributed by atoms with E-state index in [1.807, 2.05) is 6.07 Å². The summed E-state index contributed by atoms with van der Waals surface area (Å²) in [6.45, 7) is 6.33. The Hall–Kier alpha value is -3.61. The molecule has 0 aliphatic carbocycles. The minimum absolute atomic E-state index is 0.00140. The Kier molecular flexibility index (Phi) is 7.21. The number of rotatable bonds is 9. The van der Waals surface area contributed by atoms with Gasteiger partial charge in [-0.05, 0) is 41.7 Å². The van der Waals surface area contributed by atoms with Gasteiger partial charge >= 0.3 is 0 Å². The molecular weight excluding hydrogens is 422 g/mol. The molecule has 0 spiro atoms. The lowest BCUT2D eigenvalue weighted by molar-refractivity contribution is 0.0994. The summed E-state index contributed by atoms with van der Waals surface area (Å²) in [5.74, 6) is 2.04. The van der Waals surface area contributed by atoms with Crippen molar-refractivity contribution in [2.24, 2.45) is 0 Å². The number of amides is 1. The van der Waals surface area contributed by atoms with Crippen LogP contribution in [0.3, 0.4) is 0 Å². The van der Waals surface area contributed by atoms with Gasteiger partial charge in [0, 0.05) is 24.1 Å². The van der Waals surface area contributed by atoms with Crippen LogP contribution in [0.1, 0.15) is 54.6 Å². The van der Waals surface area contributed by atoms with Crippen LogP contribution in [0.2, 0.25) is 0 Å². The van der Waals surface area contributed by atoms with Crippen molar-refractivity contribution < 1.29 is 28.5 Å². The Morgan fingerprint density at radius 2 is 1.67 bits per heavy atom. The van der Waals surface area contributed by atoms with Crippen LogP contribution >= 0.6 is 0 Å². The third-order valence-corrected chi connectivity index (χ3v) is 5.96. The number of furan rings is 1. The number of aromatic hydroxyl groups is 1. The van der Waals surface area contributed by atoms with Crippen LogP contribution in [0.4, 0.5) is 5.69 Å². The molecule has 3 aromatic rings. The van der Waals surface area contributed by atoms with Gasteiger partial charge in [0.25, 0.3) is 5.91 Å². The molecule has 1 heterocycles. The zero-order chi connectivity index (χ0) is 24.2. The fourth-order valence-electron chi connectivity index (χ4n) is 3.47. The van der Waals surface area contributed by atoms with E-state index in [0.29, 0.717) is 35.1 Å². The van der Waals surface area contributed by atoms with E-state index in [0.717, 1.165) is 17.5 Å². The maximum atomic E-state index is 12.8. The van der Waals surface area contributed by atoms with Gasteiger partial charge in [-0.3, -0.25) is 4.79 Å². The zero-order valence-electron chi connectivity index (χ0n) is 19.9. The smallest absolute Gasteiger partial charge is 0.291 e. The van der Waals surface area contributed by atoms with Gasteiger partial charge in [-0.1, -0.05) is 26.8 Å². The number of phenolic OH excluding ortho intramolecular Hbond substituents is 1. The summed E-state index contributed by atoms with van der Waals surface area (Å²) in [5, 5.41) is 13.0. The first-order valence-electron chi connectivity index (χ1n) is 10.7. The molecule has 33 heavy (non-hydrogen) atoms. The second-order valence-electron chi connectivity index (χ2n) is 8.38. The monoisotopic (exact) mass is 453 g/mol. The number of anilines is 1. The van der Waals surface area contributed by atoms with Crippen LogP contribution in [-0.2, 0) is 11.8 Å². The highest BCUT2D eigenvalue weighted by molar-refractivity contribution is 6.03. The van der Waals surface area contributed by atoms with Crippen LogP contribution < -0.4 is 19.5 Å². The third kappa shape index (κ3) is 5.25. The Balaban J connectivity index is 1.82. The van der Waals surface area contributed by atoms with Crippen LogP contribution in [0, 0.1) is 0 Å². The number of hydrogen-bond donors (Lipinski definition) is 2. The van der Waals surface area contributed by atoms with Crippen LogP contribution in [0.5, 0.6) is 23.0 Å². The summed E-state index contributed by atoms with van der Waals surface area (Å²) < 4.78 is 22.1. The van der Waals surface area contributed by atoms with E-state index in [9.17, 15) is 9.90 Å². The molecule has 0 aliphatic rings. The van der Waals surface area contributed by atoms with Gasteiger partial charge in [-0.2, -0.15) is 0 Å². The molecule has 0 atom stereocenters. The number of methoxy groups -OCH3 is 3. The van der Waals surface area contributed by atoms with Crippen LogP contribution in [0.25, 0.3) is 0 Å². The van der Waals surface area contributed by atoms with Gasteiger partial charge in [0.05, 0.1) is 27.0 Å². The largest absolute Gasteiger partial charge is 0.506 e. The molecule has 0 fully saturated rings. The fraction of sp³-hybridized carbons (Fsp3) is 0.346. The van der Waals surface area contributed by atoms with Crippen molar-refractivity contribution >= 4 is 11.6 Å². The summed E-state index contributed by atoms with van der Waals surface area (Å²) in [6, 6.07) is 12.1. The molecule has 1 aromatic heterocycles. The number of carbonyl (C=O) groups is 1. The number of benzene rings is 2. The van der Waals surface area contributed by atoms with Crippen molar-refractivity contribution in [3.8, 4) is 23.0 Å². The van der Waals surface area contributed by atoms with Gasteiger partial charge in [0.2, 0.25) is 0 Å². The Bertz CT molecular complexity index is 1110. The van der Waals surface area contributed by atoms with Gasteiger partial charge in [0.15, 0.2) is 5.76 Å². The maximum absolute atomic E-state index is 12.8. The van der Waals surface area contributed by atoms with Crippen molar-refractivity contribution in [2.45, 2.75) is 39.0 Å². The minimum atomic E-state index is -0.448. The average Bonchev–Trinajstić information content (AvgIpc) is 3.29. The molecule has 0 saturated heterocycles. The second-order valence-corrected chi connectivity index (χ2v) is 8.38. The number of phenols is 1. The highest BCUT2D eigenvalue weighted by atomic mass is 16.5. The number of carbonyl (C=O) groups excluding carboxylic acids is 1. The predicted octanol–water partition coefficient (Wildman–Crippen LogP) is 5.54. The normalized spacial score (nSPS) is 11.2. The number of hydrogen-bond acceptors (Lipinski definition) is 6. The molecule has 3 rings (SSSR count). The number of nitrogens with one attached hydrogen (secondary N) is 1. The quantitative estimate of drug-likeness (QED) is 0.413. The standard InChI is InChI=1S/C26H31NO6/c1-7-26(2,3)16-8-10-21(28)20(12-16)27-25(29)22-11-9-17(33-22)13-19-23(31-5)14-18(30-4)15-24(19)32-6/h8-12,14-15,28H,7,13H2,1-6H3,(H,27,29). The summed E-state index contributed by atoms with van der Waals surface area (Å²) in [7, 11) is 4.71. The van der Waals surface area contributed by atoms with Gasteiger partial charge in [0.1, 0.15) is 28.8 Å². The average molecular weight is 454 g/mol. The molecule has 7 heteroatoms. The van der Waals surface area contributed by atoms with Crippen LogP contribution in [0.15, 0.2) is 46.9 Å². The SMILES string of the molecule is CCC(C)(C)c1ccc(O)c(NC(=O)c2ccc(Cc3c(OC)cc(OC)cc3OC)o2)c1. The lowest BCUT2D eigenvalue weighted by Gasteiger charge is -2.24. The molecule has 0 aliphatic heterocycles. The van der Waals surface area contributed by atoms with Crippen molar-refractivity contribution in [3.63, 3.8) is 0 Å². The van der Waals surface area contributed by atoms with E-state index < -0.39 is 5.91 Å². The molecule has 7 nitrogen and oxygen atoms in total. The topological polar surface area (TPSA) is 90.2 Å². The third-order valence-electron chi connectivity index (χ3n) is 5.96. The fourth-order valence-corrected chi connectivity index (χ4v) is 3.47. The van der Waals surface area contributed by atoms with E-state index in [1.54, 1.807) is 57.7 Å². The minimum Gasteiger partial charge on any atom is -0.506 e. The van der Waals surface area contributed by atoms with E-state index >= 15 is 0 Å². The summed E-state index contributed by atoms with van der Waals surface area (Å²) in [4.78, 5) is 12.8. The van der Waals surface area contributed by atoms with Crippen molar-refractivity contribution in [1.82, 2.24) is 0 Å². The first-order valence-corrected chi connectivity index (χ1v) is 10.7. The van der Waals surface area contributed by atoms with E-state index in [1.165, 1.54) is 0 Å². The molecule has 176 valence electrons. The highest BCUT2D eigenvalue weighted by Gasteiger charge is 2.21. The summed E-state index contributed by atoms with van der Waals surface area (Å²) >= 11 is 0. The summed E-state index contributed by atoms with van der Waals surface area (Å²) in [6.07, 6.45) is 1.28. The Morgan fingerprint density at radius 3 is 2.24 bits per heavy atom. The van der Waals surface area contributed by atoms with E-state index in [4.69, 9.17) is 18.6 Å². The molecule has 0 bridgehead atoms. The maximum Gasteiger partial charge on any atom is 0.291 e. The molecule has 0 radical (unpaired) electrons. The molecule has 1 amide bonds. The molecule has 0 unspecified atom stereocenters. The van der Waals surface area contributed by atoms with Gasteiger partial charge in [-0.15, -0.1) is 0 Å². The molecular formula is C26H31NO6. The second kappa shape index (κ2) is 9.90. The van der Waals surface area contributed by atoms with Crippen molar-refractivity contribution in [3.05, 3.63) is 65.1 Å². The first-order chi connectivity index (χ1) is 15.7. The molecule has 2 N–H and O–H groups in total. The molecule has 0 saturated carbocycles. The van der Waals surface area contributed by atoms with Crippen LogP contribution in [-0.4, -0.2) is 32.3 Å². The molecule has 2 aromatic carbocycles. The van der Waals surface area contributed by atoms with E-state index in [-0.39, 0.29) is 16.9 Å². The van der Waals surface area contributed by atoms with Gasteiger partial charge < -0.3 is 29.1 Å². The zero-order valence-corrected chi connectivity index (χ0v) is 19.9. The number of ether oxygens (including phenoxy) is 3. The van der Waals surface area contributed by atoms with Crippen molar-refractivity contribution in [1.29, 1.82) is 0 Å². The first kappa shape index (κ1) is 24.0. The van der Waals surface area contributed by atoms with Gasteiger partial charge in [-0.25, -0.2) is 0 Å². The highest BCUT2D eigenvalue weighted by Crippen LogP contribution is 2.36. The van der Waals surface area contributed by atoms with Crippen molar-refractivity contribution in [2.75, 3.05) is 26.6 Å².